The minimum Gasteiger partial charge on any atom is -0.493 e. The molecule has 0 saturated heterocycles. The lowest BCUT2D eigenvalue weighted by atomic mass is 9.91. The Morgan fingerprint density at radius 1 is 0.893 bits per heavy atom. The summed E-state index contributed by atoms with van der Waals surface area (Å²) in [7, 11) is -2.62. The average molecular weight is 415 g/mol. The Morgan fingerprint density at radius 2 is 1.43 bits per heavy atom. The Labute approximate surface area is 174 Å². The Bertz CT molecular complexity index is 491. The molecule has 0 heterocycles. The maximum Gasteiger partial charge on any atom is 0.324 e. The van der Waals surface area contributed by atoms with Crippen LogP contribution in [0.5, 0.6) is 5.75 Å². The fraction of sp³-hybridized carbons (Fsp3) is 0.739. The van der Waals surface area contributed by atoms with E-state index in [1.54, 1.807) is 0 Å². The SMILES string of the molecule is CCCCC(CC)COc1ccc(C)cc1CC(CC)CCCC.OP(O)O. The van der Waals surface area contributed by atoms with E-state index in [9.17, 15) is 0 Å². The number of aryl methyl sites for hydroxylation is 1. The van der Waals surface area contributed by atoms with Gasteiger partial charge in [0.2, 0.25) is 0 Å². The molecule has 1 aromatic rings. The first kappa shape index (κ1) is 27.3. The lowest BCUT2D eigenvalue weighted by molar-refractivity contribution is 0.230. The zero-order valence-corrected chi connectivity index (χ0v) is 19.5. The van der Waals surface area contributed by atoms with E-state index in [0.717, 1.165) is 18.3 Å². The number of ether oxygens (including phenoxy) is 1. The molecule has 1 rings (SSSR count). The number of rotatable bonds is 13. The normalized spacial score (nSPS) is 13.0. The zero-order valence-electron chi connectivity index (χ0n) is 18.7. The number of hydrogen-bond donors (Lipinski definition) is 3. The van der Waals surface area contributed by atoms with Gasteiger partial charge in [-0.05, 0) is 43.2 Å². The summed E-state index contributed by atoms with van der Waals surface area (Å²) in [6.07, 6.45) is 11.5. The summed E-state index contributed by atoms with van der Waals surface area (Å²) in [4.78, 5) is 21.7. The zero-order chi connectivity index (χ0) is 21.4. The molecule has 0 spiro atoms. The third-order valence-corrected chi connectivity index (χ3v) is 5.29. The third kappa shape index (κ3) is 13.5. The number of hydrogen-bond acceptors (Lipinski definition) is 4. The van der Waals surface area contributed by atoms with Crippen molar-refractivity contribution >= 4 is 8.60 Å². The minimum absolute atomic E-state index is 0.696. The average Bonchev–Trinajstić information content (AvgIpc) is 2.66. The molecule has 1 aromatic carbocycles. The first-order chi connectivity index (χ1) is 13.4. The van der Waals surface area contributed by atoms with Gasteiger partial charge in [0.1, 0.15) is 5.75 Å². The Morgan fingerprint density at radius 3 is 1.93 bits per heavy atom. The van der Waals surface area contributed by atoms with E-state index in [0.29, 0.717) is 5.92 Å². The molecule has 0 aliphatic carbocycles. The van der Waals surface area contributed by atoms with Crippen LogP contribution in [0.1, 0.15) is 90.2 Å². The second-order valence-corrected chi connectivity index (χ2v) is 8.26. The molecule has 28 heavy (non-hydrogen) atoms. The van der Waals surface area contributed by atoms with Gasteiger partial charge in [-0.2, -0.15) is 0 Å². The van der Waals surface area contributed by atoms with Crippen LogP contribution >= 0.6 is 8.60 Å². The lowest BCUT2D eigenvalue weighted by Crippen LogP contribution is -2.13. The van der Waals surface area contributed by atoms with Gasteiger partial charge in [0.25, 0.3) is 0 Å². The lowest BCUT2D eigenvalue weighted by Gasteiger charge is -2.20. The summed E-state index contributed by atoms with van der Waals surface area (Å²) in [5.74, 6) is 2.61. The van der Waals surface area contributed by atoms with Crippen LogP contribution in [-0.2, 0) is 6.42 Å². The molecule has 0 aliphatic heterocycles. The fourth-order valence-electron chi connectivity index (χ4n) is 3.37. The molecule has 0 fully saturated rings. The summed E-state index contributed by atoms with van der Waals surface area (Å²) in [5, 5.41) is 0. The highest BCUT2D eigenvalue weighted by Crippen LogP contribution is 2.27. The minimum atomic E-state index is -2.62. The topological polar surface area (TPSA) is 69.9 Å². The highest BCUT2D eigenvalue weighted by Gasteiger charge is 2.13. The molecule has 4 nitrogen and oxygen atoms in total. The molecule has 0 aromatic heterocycles. The van der Waals surface area contributed by atoms with Crippen molar-refractivity contribution in [2.75, 3.05) is 6.61 Å². The summed E-state index contributed by atoms with van der Waals surface area (Å²) in [5.41, 5.74) is 2.77. The van der Waals surface area contributed by atoms with Crippen molar-refractivity contribution in [1.82, 2.24) is 0 Å². The Balaban J connectivity index is 0.00000165. The summed E-state index contributed by atoms with van der Waals surface area (Å²) in [6, 6.07) is 6.74. The van der Waals surface area contributed by atoms with Crippen LogP contribution < -0.4 is 4.74 Å². The number of unbranched alkanes of at least 4 members (excludes halogenated alkanes) is 2. The van der Waals surface area contributed by atoms with Crippen molar-refractivity contribution in [3.8, 4) is 5.75 Å². The van der Waals surface area contributed by atoms with Crippen LogP contribution in [0.15, 0.2) is 18.2 Å². The largest absolute Gasteiger partial charge is 0.493 e. The first-order valence-corrected chi connectivity index (χ1v) is 12.2. The smallest absolute Gasteiger partial charge is 0.324 e. The van der Waals surface area contributed by atoms with Crippen LogP contribution in [0.2, 0.25) is 0 Å². The predicted octanol–water partition coefficient (Wildman–Crippen LogP) is 6.54. The van der Waals surface area contributed by atoms with E-state index in [4.69, 9.17) is 19.4 Å². The molecular weight excluding hydrogens is 371 g/mol. The quantitative estimate of drug-likeness (QED) is 0.321. The van der Waals surface area contributed by atoms with Crippen molar-refractivity contribution in [1.29, 1.82) is 0 Å². The monoisotopic (exact) mass is 414 g/mol. The molecule has 2 unspecified atom stereocenters. The predicted molar refractivity (Wildman–Crippen MR) is 121 cm³/mol. The van der Waals surface area contributed by atoms with Gasteiger partial charge in [-0.15, -0.1) is 0 Å². The van der Waals surface area contributed by atoms with Crippen molar-refractivity contribution in [3.63, 3.8) is 0 Å². The second-order valence-electron chi connectivity index (χ2n) is 7.73. The number of benzene rings is 1. The van der Waals surface area contributed by atoms with Gasteiger partial charge in [-0.1, -0.05) is 90.3 Å². The molecule has 164 valence electrons. The van der Waals surface area contributed by atoms with E-state index in [1.807, 2.05) is 0 Å². The van der Waals surface area contributed by atoms with Gasteiger partial charge in [-0.25, -0.2) is 0 Å². The van der Waals surface area contributed by atoms with E-state index in [2.05, 4.69) is 52.8 Å². The van der Waals surface area contributed by atoms with Crippen LogP contribution in [0.3, 0.4) is 0 Å². The van der Waals surface area contributed by atoms with Gasteiger partial charge < -0.3 is 19.4 Å². The molecule has 0 aliphatic rings. The fourth-order valence-corrected chi connectivity index (χ4v) is 3.37. The molecule has 0 saturated carbocycles. The highest BCUT2D eigenvalue weighted by molar-refractivity contribution is 7.38. The summed E-state index contributed by atoms with van der Waals surface area (Å²) < 4.78 is 6.29. The molecule has 0 amide bonds. The molecule has 0 radical (unpaired) electrons. The van der Waals surface area contributed by atoms with Gasteiger partial charge in [0.05, 0.1) is 6.61 Å². The second kappa shape index (κ2) is 17.2. The molecule has 5 heteroatoms. The van der Waals surface area contributed by atoms with Gasteiger partial charge in [0, 0.05) is 0 Å². The van der Waals surface area contributed by atoms with Crippen LogP contribution in [0, 0.1) is 18.8 Å². The van der Waals surface area contributed by atoms with Crippen LogP contribution in [-0.4, -0.2) is 21.3 Å². The Hall–Kier alpha value is -0.670. The van der Waals surface area contributed by atoms with Crippen molar-refractivity contribution in [3.05, 3.63) is 29.3 Å². The molecular formula is C23H43O4P. The molecule has 0 bridgehead atoms. The van der Waals surface area contributed by atoms with Crippen molar-refractivity contribution < 1.29 is 19.4 Å². The first-order valence-electron chi connectivity index (χ1n) is 11.0. The van der Waals surface area contributed by atoms with E-state index in [-0.39, 0.29) is 0 Å². The highest BCUT2D eigenvalue weighted by atomic mass is 31.2. The summed E-state index contributed by atoms with van der Waals surface area (Å²) in [6.45, 7) is 12.2. The maximum atomic E-state index is 7.23. The van der Waals surface area contributed by atoms with Crippen molar-refractivity contribution in [2.24, 2.45) is 11.8 Å². The maximum absolute atomic E-state index is 7.23. The van der Waals surface area contributed by atoms with Gasteiger partial charge >= 0.3 is 8.60 Å². The van der Waals surface area contributed by atoms with Crippen LogP contribution in [0.25, 0.3) is 0 Å². The van der Waals surface area contributed by atoms with Crippen molar-refractivity contribution in [2.45, 2.75) is 92.4 Å². The van der Waals surface area contributed by atoms with E-state index >= 15 is 0 Å². The Kier molecular flexibility index (Phi) is 16.8. The molecule has 2 atom stereocenters. The standard InChI is InChI=1S/C23H40O.H3O3P/c1-6-10-12-20(8-3)17-22-16-19(5)14-15-23(22)24-18-21(9-4)13-11-7-2;1-4(2)3/h14-16,20-21H,6-13,17-18H2,1-5H3;1-3H. The molecule has 3 N–H and O–H groups in total. The third-order valence-electron chi connectivity index (χ3n) is 5.29. The van der Waals surface area contributed by atoms with Gasteiger partial charge in [-0.3, -0.25) is 0 Å². The van der Waals surface area contributed by atoms with E-state index < -0.39 is 8.60 Å². The van der Waals surface area contributed by atoms with Gasteiger partial charge in [0.15, 0.2) is 0 Å². The van der Waals surface area contributed by atoms with E-state index in [1.165, 1.54) is 68.9 Å². The van der Waals surface area contributed by atoms with Crippen LogP contribution in [0.4, 0.5) is 0 Å². The summed E-state index contributed by atoms with van der Waals surface area (Å²) >= 11 is 0.